The Morgan fingerprint density at radius 2 is 1.67 bits per heavy atom. The van der Waals surface area contributed by atoms with Gasteiger partial charge in [0.1, 0.15) is 6.23 Å². The first-order valence-corrected chi connectivity index (χ1v) is 19.6. The Hall–Kier alpha value is -2.51. The van der Waals surface area contributed by atoms with E-state index in [4.69, 9.17) is 24.1 Å². The minimum Gasteiger partial charge on any atom is -0.374 e. The second-order valence-electron chi connectivity index (χ2n) is 12.8. The molecule has 1 fully saturated rings. The third kappa shape index (κ3) is 17.3. The van der Waals surface area contributed by atoms with Crippen LogP contribution in [0.5, 0.6) is 0 Å². The lowest BCUT2D eigenvalue weighted by atomic mass is 10.0. The normalized spacial score (nSPS) is 19.3. The molecule has 16 heteroatoms. The Morgan fingerprint density at radius 1 is 1.08 bits per heavy atom. The molecule has 1 aromatic heterocycles. The van der Waals surface area contributed by atoms with Crippen molar-refractivity contribution >= 4 is 13.7 Å². The van der Waals surface area contributed by atoms with Crippen LogP contribution < -0.4 is 16.6 Å². The highest BCUT2D eigenvalue weighted by Crippen LogP contribution is 2.47. The number of carbonyl (C=O) groups excluding carboxylic acids is 1. The monoisotopic (exact) mass is 714 g/mol. The highest BCUT2D eigenvalue weighted by atomic mass is 31.2. The van der Waals surface area contributed by atoms with Gasteiger partial charge in [-0.2, -0.15) is 0 Å². The number of H-pyrrole nitrogens is 1. The summed E-state index contributed by atoms with van der Waals surface area (Å²) in [6.07, 6.45) is 19.2. The molecule has 0 saturated carbocycles. The Morgan fingerprint density at radius 3 is 2.24 bits per heavy atom. The number of aromatic amines is 1. The number of nitrogens with zero attached hydrogens (tertiary/aromatic N) is 4. The minimum atomic E-state index is -4.67. The van der Waals surface area contributed by atoms with E-state index in [1.807, 2.05) is 0 Å². The maximum absolute atomic E-state index is 12.7. The smallest absolute Gasteiger partial charge is 0.374 e. The molecule has 1 aliphatic rings. The van der Waals surface area contributed by atoms with Crippen LogP contribution in [-0.4, -0.2) is 58.5 Å². The van der Waals surface area contributed by atoms with Crippen LogP contribution in [0.4, 0.5) is 0 Å². The average molecular weight is 715 g/mol. The zero-order valence-electron chi connectivity index (χ0n) is 29.7. The molecule has 0 aromatic carbocycles. The first-order chi connectivity index (χ1) is 23.5. The summed E-state index contributed by atoms with van der Waals surface area (Å²) in [4.78, 5) is 51.7. The second kappa shape index (κ2) is 23.8. The minimum absolute atomic E-state index is 0.0688. The lowest BCUT2D eigenvalue weighted by molar-refractivity contribution is -0.122. The topological polar surface area (TPSA) is 207 Å². The van der Waals surface area contributed by atoms with Crippen LogP contribution in [-0.2, 0) is 27.9 Å². The van der Waals surface area contributed by atoms with E-state index in [9.17, 15) is 23.8 Å². The fourth-order valence-electron chi connectivity index (χ4n) is 5.78. The summed E-state index contributed by atoms with van der Waals surface area (Å²) in [5, 5.41) is 6.44. The number of nitrogens with one attached hydrogen (secondary N) is 2. The molecular weight excluding hydrogens is 655 g/mol. The molecule has 4 atom stereocenters. The molecule has 2 rings (SSSR count). The molecule has 280 valence electrons. The standard InChI is InChI=1S/C33H59N6O9P/c1-4-6-7-8-9-10-11-12-13-14-15-16-17-18-19-20-29(40)35-23-28(45-5-2)25-46-49(43,44)47-26-33(37-38-34)22-21-30(48-33)39-24-27(3)31(41)36-32(39)42/h24,28,30H,4-23,25-26H2,1-3H3,(H,35,40)(H,43,44)(H,36,41,42). The van der Waals surface area contributed by atoms with Gasteiger partial charge >= 0.3 is 13.5 Å². The Bertz CT molecular complexity index is 1320. The first-order valence-electron chi connectivity index (χ1n) is 18.1. The molecule has 0 radical (unpaired) electrons. The fraction of sp³-hybridized carbons (Fsp3) is 0.848. The van der Waals surface area contributed by atoms with Gasteiger partial charge in [0.25, 0.3) is 5.56 Å². The summed E-state index contributed by atoms with van der Waals surface area (Å²) < 4.78 is 35.5. The molecule has 0 spiro atoms. The number of carbonyl (C=O) groups is 1. The highest BCUT2D eigenvalue weighted by molar-refractivity contribution is 7.47. The number of azide groups is 1. The Labute approximate surface area is 290 Å². The molecule has 49 heavy (non-hydrogen) atoms. The molecule has 0 aliphatic carbocycles. The summed E-state index contributed by atoms with van der Waals surface area (Å²) in [6.45, 7) is 4.94. The molecule has 1 aliphatic heterocycles. The average Bonchev–Trinajstić information content (AvgIpc) is 3.49. The van der Waals surface area contributed by atoms with Crippen molar-refractivity contribution in [2.24, 2.45) is 5.11 Å². The van der Waals surface area contributed by atoms with Crippen LogP contribution in [0.1, 0.15) is 141 Å². The number of amides is 1. The van der Waals surface area contributed by atoms with E-state index in [0.717, 1.165) is 23.8 Å². The SMILES string of the molecule is CCCCCCCCCCCCCCCCCC(=O)NCC(COP(=O)(O)OCC1(N=[N+]=[N-])CCC(n2cc(C)c(=O)[nH]c2=O)O1)OCC. The van der Waals surface area contributed by atoms with Crippen molar-refractivity contribution in [3.05, 3.63) is 43.0 Å². The lowest BCUT2D eigenvalue weighted by Gasteiger charge is -2.26. The van der Waals surface area contributed by atoms with Gasteiger partial charge in [0, 0.05) is 36.2 Å². The van der Waals surface area contributed by atoms with Crippen LogP contribution in [0.15, 0.2) is 20.9 Å². The number of phosphoric ester groups is 1. The van der Waals surface area contributed by atoms with Crippen molar-refractivity contribution in [2.45, 2.75) is 154 Å². The van der Waals surface area contributed by atoms with Crippen molar-refractivity contribution in [2.75, 3.05) is 26.4 Å². The Balaban J connectivity index is 1.64. The third-order valence-corrected chi connectivity index (χ3v) is 9.56. The Kier molecular flexibility index (Phi) is 20.7. The quantitative estimate of drug-likeness (QED) is 0.0266. The summed E-state index contributed by atoms with van der Waals surface area (Å²) in [5.74, 6) is -0.121. The number of aromatic nitrogens is 2. The van der Waals surface area contributed by atoms with Gasteiger partial charge in [-0.1, -0.05) is 102 Å². The van der Waals surface area contributed by atoms with Crippen molar-refractivity contribution < 1.29 is 32.8 Å². The molecule has 0 bridgehead atoms. The number of ether oxygens (including phenoxy) is 2. The molecule has 4 unspecified atom stereocenters. The van der Waals surface area contributed by atoms with Crippen LogP contribution in [0, 0.1) is 6.92 Å². The second-order valence-corrected chi connectivity index (χ2v) is 14.3. The lowest BCUT2D eigenvalue weighted by Crippen LogP contribution is -2.37. The maximum Gasteiger partial charge on any atom is 0.472 e. The number of unbranched alkanes of at least 4 members (excludes halogenated alkanes) is 14. The van der Waals surface area contributed by atoms with Gasteiger partial charge in [-0.3, -0.25) is 28.2 Å². The van der Waals surface area contributed by atoms with Crippen molar-refractivity contribution in [1.82, 2.24) is 14.9 Å². The number of hydrogen-bond acceptors (Lipinski definition) is 9. The molecule has 1 aromatic rings. The van der Waals surface area contributed by atoms with E-state index in [2.05, 4.69) is 27.3 Å². The summed E-state index contributed by atoms with van der Waals surface area (Å²) in [6, 6.07) is 0. The maximum atomic E-state index is 12.7. The summed E-state index contributed by atoms with van der Waals surface area (Å²) in [7, 11) is -4.67. The molecule has 15 nitrogen and oxygen atoms in total. The van der Waals surface area contributed by atoms with Gasteiger partial charge in [0.2, 0.25) is 5.91 Å². The van der Waals surface area contributed by atoms with Crippen LogP contribution >= 0.6 is 7.82 Å². The van der Waals surface area contributed by atoms with Gasteiger partial charge in [0.05, 0.1) is 19.3 Å². The molecule has 3 N–H and O–H groups in total. The fourth-order valence-corrected chi connectivity index (χ4v) is 6.57. The molecular formula is C33H59N6O9P. The summed E-state index contributed by atoms with van der Waals surface area (Å²) >= 11 is 0. The van der Waals surface area contributed by atoms with Gasteiger partial charge in [-0.25, -0.2) is 9.36 Å². The van der Waals surface area contributed by atoms with Crippen LogP contribution in [0.3, 0.4) is 0 Å². The van der Waals surface area contributed by atoms with Crippen molar-refractivity contribution in [3.8, 4) is 0 Å². The van der Waals surface area contributed by atoms with Gasteiger partial charge in [-0.05, 0) is 38.6 Å². The predicted octanol–water partition coefficient (Wildman–Crippen LogP) is 7.08. The largest absolute Gasteiger partial charge is 0.472 e. The zero-order valence-corrected chi connectivity index (χ0v) is 30.6. The van der Waals surface area contributed by atoms with E-state index in [0.29, 0.717) is 13.0 Å². The number of hydrogen-bond donors (Lipinski definition) is 3. The summed E-state index contributed by atoms with van der Waals surface area (Å²) in [5.41, 5.74) is 6.45. The third-order valence-electron chi connectivity index (χ3n) is 8.63. The van der Waals surface area contributed by atoms with E-state index in [-0.39, 0.29) is 37.5 Å². The van der Waals surface area contributed by atoms with Crippen molar-refractivity contribution in [3.63, 3.8) is 0 Å². The molecule has 2 heterocycles. The van der Waals surface area contributed by atoms with E-state index in [1.165, 1.54) is 90.2 Å². The molecule has 1 amide bonds. The van der Waals surface area contributed by atoms with Crippen molar-refractivity contribution in [1.29, 1.82) is 0 Å². The number of rotatable bonds is 28. The first kappa shape index (κ1) is 42.7. The highest BCUT2D eigenvalue weighted by Gasteiger charge is 2.43. The predicted molar refractivity (Wildman–Crippen MR) is 187 cm³/mol. The van der Waals surface area contributed by atoms with Gasteiger partial charge < -0.3 is 19.7 Å². The van der Waals surface area contributed by atoms with E-state index in [1.54, 1.807) is 6.92 Å². The number of aryl methyl sites for hydroxylation is 1. The van der Waals surface area contributed by atoms with E-state index >= 15 is 0 Å². The number of phosphoric acid groups is 1. The molecule has 1 saturated heterocycles. The van der Waals surface area contributed by atoms with Crippen LogP contribution in [0.2, 0.25) is 0 Å². The van der Waals surface area contributed by atoms with E-state index < -0.39 is 43.7 Å². The van der Waals surface area contributed by atoms with Gasteiger partial charge in [-0.15, -0.1) is 0 Å². The van der Waals surface area contributed by atoms with Crippen LogP contribution in [0.25, 0.3) is 10.4 Å². The zero-order chi connectivity index (χ0) is 36.0. The van der Waals surface area contributed by atoms with Gasteiger partial charge in [0.15, 0.2) is 5.72 Å².